The molecule has 2 N–H and O–H groups in total. The molecule has 2 rings (SSSR count). The Bertz CT molecular complexity index is 450. The van der Waals surface area contributed by atoms with Crippen LogP contribution in [0.3, 0.4) is 0 Å². The van der Waals surface area contributed by atoms with Crippen LogP contribution in [0.4, 0.5) is 0 Å². The molecule has 1 saturated carbocycles. The van der Waals surface area contributed by atoms with Crippen molar-refractivity contribution >= 4 is 5.91 Å². The van der Waals surface area contributed by atoms with Gasteiger partial charge in [-0.1, -0.05) is 43.7 Å². The van der Waals surface area contributed by atoms with Crippen molar-refractivity contribution in [2.45, 2.75) is 57.5 Å². The minimum absolute atomic E-state index is 0.00719. The largest absolute Gasteiger partial charge is 0.388 e. The molecule has 0 bridgehead atoms. The molecule has 1 aliphatic rings. The molecule has 1 aromatic rings. The van der Waals surface area contributed by atoms with Gasteiger partial charge in [0.1, 0.15) is 0 Å². The van der Waals surface area contributed by atoms with Crippen LogP contribution in [0.5, 0.6) is 0 Å². The van der Waals surface area contributed by atoms with Crippen LogP contribution in [0.2, 0.25) is 0 Å². The van der Waals surface area contributed by atoms with Crippen molar-refractivity contribution < 1.29 is 9.90 Å². The molecule has 21 heavy (non-hydrogen) atoms. The fraction of sp³-hybridized carbons (Fsp3) is 0.611. The first-order valence-electron chi connectivity index (χ1n) is 8.09. The van der Waals surface area contributed by atoms with Crippen molar-refractivity contribution in [1.29, 1.82) is 0 Å². The standard InChI is InChI=1S/C18H27NO2/c1-3-15-9-11-18(21,12-10-15)13-19-17(20)14(2)16-7-5-4-6-8-16/h4-8,14-15,21H,3,9-13H2,1-2H3,(H,19,20). The van der Waals surface area contributed by atoms with Crippen LogP contribution in [-0.4, -0.2) is 23.2 Å². The molecule has 0 saturated heterocycles. The molecule has 0 heterocycles. The predicted molar refractivity (Wildman–Crippen MR) is 85.1 cm³/mol. The first-order chi connectivity index (χ1) is 10.0. The fourth-order valence-electron chi connectivity index (χ4n) is 3.10. The highest BCUT2D eigenvalue weighted by Crippen LogP contribution is 2.33. The number of nitrogens with one attached hydrogen (secondary N) is 1. The zero-order chi connectivity index (χ0) is 15.3. The average Bonchev–Trinajstić information content (AvgIpc) is 2.53. The van der Waals surface area contributed by atoms with E-state index in [1.165, 1.54) is 6.42 Å². The SMILES string of the molecule is CCC1CCC(O)(CNC(=O)C(C)c2ccccc2)CC1. The van der Waals surface area contributed by atoms with Crippen molar-refractivity contribution in [2.75, 3.05) is 6.54 Å². The molecular formula is C18H27NO2. The summed E-state index contributed by atoms with van der Waals surface area (Å²) in [7, 11) is 0. The van der Waals surface area contributed by atoms with Crippen LogP contribution in [-0.2, 0) is 4.79 Å². The van der Waals surface area contributed by atoms with Crippen molar-refractivity contribution in [3.8, 4) is 0 Å². The normalized spacial score (nSPS) is 27.1. The number of aliphatic hydroxyl groups is 1. The Labute approximate surface area is 127 Å². The van der Waals surface area contributed by atoms with Gasteiger partial charge in [-0.05, 0) is 44.1 Å². The Morgan fingerprint density at radius 1 is 1.33 bits per heavy atom. The van der Waals surface area contributed by atoms with Crippen LogP contribution in [0.1, 0.15) is 57.4 Å². The topological polar surface area (TPSA) is 49.3 Å². The third-order valence-corrected chi connectivity index (χ3v) is 4.90. The summed E-state index contributed by atoms with van der Waals surface area (Å²) in [6.07, 6.45) is 4.92. The summed E-state index contributed by atoms with van der Waals surface area (Å²) >= 11 is 0. The highest BCUT2D eigenvalue weighted by Gasteiger charge is 2.33. The van der Waals surface area contributed by atoms with Gasteiger partial charge in [0.25, 0.3) is 0 Å². The van der Waals surface area contributed by atoms with Gasteiger partial charge in [0.05, 0.1) is 11.5 Å². The highest BCUT2D eigenvalue weighted by molar-refractivity contribution is 5.83. The van der Waals surface area contributed by atoms with E-state index >= 15 is 0 Å². The summed E-state index contributed by atoms with van der Waals surface area (Å²) in [4.78, 5) is 12.2. The van der Waals surface area contributed by atoms with Gasteiger partial charge in [0, 0.05) is 6.54 Å². The second kappa shape index (κ2) is 7.08. The lowest BCUT2D eigenvalue weighted by atomic mass is 9.78. The molecule has 1 unspecified atom stereocenters. The van der Waals surface area contributed by atoms with Gasteiger partial charge in [-0.2, -0.15) is 0 Å². The molecule has 0 spiro atoms. The molecule has 3 heteroatoms. The van der Waals surface area contributed by atoms with Gasteiger partial charge in [-0.15, -0.1) is 0 Å². The molecule has 0 radical (unpaired) electrons. The van der Waals surface area contributed by atoms with Crippen LogP contribution in [0.25, 0.3) is 0 Å². The lowest BCUT2D eigenvalue weighted by Crippen LogP contribution is -2.46. The third kappa shape index (κ3) is 4.31. The summed E-state index contributed by atoms with van der Waals surface area (Å²) in [6.45, 7) is 4.49. The minimum Gasteiger partial charge on any atom is -0.388 e. The van der Waals surface area contributed by atoms with E-state index in [1.807, 2.05) is 37.3 Å². The number of rotatable bonds is 5. The molecule has 1 aliphatic carbocycles. The first-order valence-corrected chi connectivity index (χ1v) is 8.09. The molecule has 3 nitrogen and oxygen atoms in total. The Kier molecular flexibility index (Phi) is 5.40. The Morgan fingerprint density at radius 2 is 1.95 bits per heavy atom. The van der Waals surface area contributed by atoms with Crippen LogP contribution >= 0.6 is 0 Å². The zero-order valence-electron chi connectivity index (χ0n) is 13.1. The van der Waals surface area contributed by atoms with Gasteiger partial charge in [-0.25, -0.2) is 0 Å². The van der Waals surface area contributed by atoms with Crippen LogP contribution in [0, 0.1) is 5.92 Å². The van der Waals surface area contributed by atoms with E-state index in [4.69, 9.17) is 0 Å². The van der Waals surface area contributed by atoms with E-state index < -0.39 is 5.60 Å². The lowest BCUT2D eigenvalue weighted by Gasteiger charge is -2.36. The number of carbonyl (C=O) groups excluding carboxylic acids is 1. The third-order valence-electron chi connectivity index (χ3n) is 4.90. The van der Waals surface area contributed by atoms with Crippen molar-refractivity contribution in [2.24, 2.45) is 5.92 Å². The predicted octanol–water partition coefficient (Wildman–Crippen LogP) is 3.24. The number of carbonyl (C=O) groups is 1. The Balaban J connectivity index is 1.84. The molecule has 1 atom stereocenters. The maximum Gasteiger partial charge on any atom is 0.227 e. The summed E-state index contributed by atoms with van der Waals surface area (Å²) in [6, 6.07) is 9.76. The molecule has 1 amide bonds. The van der Waals surface area contributed by atoms with Crippen molar-refractivity contribution in [1.82, 2.24) is 5.32 Å². The number of benzene rings is 1. The van der Waals surface area contributed by atoms with E-state index in [9.17, 15) is 9.90 Å². The van der Waals surface area contributed by atoms with Gasteiger partial charge in [0.2, 0.25) is 5.91 Å². The maximum absolute atomic E-state index is 12.2. The van der Waals surface area contributed by atoms with E-state index in [-0.39, 0.29) is 11.8 Å². The second-order valence-electron chi connectivity index (χ2n) is 6.43. The number of amides is 1. The monoisotopic (exact) mass is 289 g/mol. The number of hydrogen-bond donors (Lipinski definition) is 2. The van der Waals surface area contributed by atoms with E-state index in [0.29, 0.717) is 6.54 Å². The zero-order valence-corrected chi connectivity index (χ0v) is 13.1. The molecule has 1 fully saturated rings. The van der Waals surface area contributed by atoms with Gasteiger partial charge in [-0.3, -0.25) is 4.79 Å². The fourth-order valence-corrected chi connectivity index (χ4v) is 3.10. The van der Waals surface area contributed by atoms with Gasteiger partial charge >= 0.3 is 0 Å². The summed E-state index contributed by atoms with van der Waals surface area (Å²) < 4.78 is 0. The van der Waals surface area contributed by atoms with Crippen molar-refractivity contribution in [3.63, 3.8) is 0 Å². The molecule has 0 aliphatic heterocycles. The van der Waals surface area contributed by atoms with E-state index in [0.717, 1.165) is 37.2 Å². The van der Waals surface area contributed by atoms with Crippen LogP contribution < -0.4 is 5.32 Å². The summed E-state index contributed by atoms with van der Waals surface area (Å²) in [5, 5.41) is 13.5. The van der Waals surface area contributed by atoms with E-state index in [2.05, 4.69) is 12.2 Å². The molecular weight excluding hydrogens is 262 g/mol. The Morgan fingerprint density at radius 3 is 2.52 bits per heavy atom. The second-order valence-corrected chi connectivity index (χ2v) is 6.43. The smallest absolute Gasteiger partial charge is 0.227 e. The average molecular weight is 289 g/mol. The quantitative estimate of drug-likeness (QED) is 0.874. The Hall–Kier alpha value is -1.35. The van der Waals surface area contributed by atoms with Gasteiger partial charge in [0.15, 0.2) is 0 Å². The first kappa shape index (κ1) is 16.0. The summed E-state index contributed by atoms with van der Waals surface area (Å²) in [5.74, 6) is 0.554. The lowest BCUT2D eigenvalue weighted by molar-refractivity contribution is -0.124. The van der Waals surface area contributed by atoms with Crippen molar-refractivity contribution in [3.05, 3.63) is 35.9 Å². The van der Waals surface area contributed by atoms with Gasteiger partial charge < -0.3 is 10.4 Å². The molecule has 1 aromatic carbocycles. The van der Waals surface area contributed by atoms with Crippen LogP contribution in [0.15, 0.2) is 30.3 Å². The maximum atomic E-state index is 12.2. The highest BCUT2D eigenvalue weighted by atomic mass is 16.3. The molecule has 0 aromatic heterocycles. The molecule has 116 valence electrons. The van der Waals surface area contributed by atoms with E-state index in [1.54, 1.807) is 0 Å². The summed E-state index contributed by atoms with van der Waals surface area (Å²) in [5.41, 5.74) is 0.300. The number of hydrogen-bond acceptors (Lipinski definition) is 2. The minimum atomic E-state index is -0.711.